The molecule has 0 radical (unpaired) electrons. The van der Waals surface area contributed by atoms with Crippen LogP contribution in [0.2, 0.25) is 0 Å². The maximum absolute atomic E-state index is 12.5. The average molecular weight is 280 g/mol. The van der Waals surface area contributed by atoms with Gasteiger partial charge in [0.2, 0.25) is 0 Å². The fourth-order valence-electron chi connectivity index (χ4n) is 1.93. The van der Waals surface area contributed by atoms with E-state index in [-0.39, 0.29) is 17.2 Å². The number of anilines is 1. The molecule has 0 atom stereocenters. The van der Waals surface area contributed by atoms with Crippen LogP contribution in [0.25, 0.3) is 0 Å². The molecule has 7 heteroatoms. The molecule has 0 unspecified atom stereocenters. The van der Waals surface area contributed by atoms with Gasteiger partial charge in [-0.15, -0.1) is 0 Å². The van der Waals surface area contributed by atoms with E-state index < -0.39 is 4.92 Å². The summed E-state index contributed by atoms with van der Waals surface area (Å²) in [6.07, 6.45) is 2.74. The van der Waals surface area contributed by atoms with Gasteiger partial charge in [0.25, 0.3) is 11.6 Å². The van der Waals surface area contributed by atoms with Crippen molar-refractivity contribution in [2.45, 2.75) is 26.7 Å². The van der Waals surface area contributed by atoms with E-state index in [9.17, 15) is 14.9 Å². The van der Waals surface area contributed by atoms with Crippen molar-refractivity contribution in [1.82, 2.24) is 9.88 Å². The molecule has 0 fully saturated rings. The van der Waals surface area contributed by atoms with Gasteiger partial charge in [0.15, 0.2) is 0 Å². The molecule has 1 amide bonds. The molecule has 1 aromatic rings. The number of rotatable bonds is 7. The molecule has 1 N–H and O–H groups in total. The van der Waals surface area contributed by atoms with Gasteiger partial charge in [-0.2, -0.15) is 0 Å². The third-order valence-corrected chi connectivity index (χ3v) is 2.84. The molecule has 0 saturated carbocycles. The second-order valence-electron chi connectivity index (χ2n) is 4.39. The Balaban J connectivity index is 3.19. The second-order valence-corrected chi connectivity index (χ2v) is 4.39. The van der Waals surface area contributed by atoms with Gasteiger partial charge in [-0.25, -0.2) is 4.98 Å². The summed E-state index contributed by atoms with van der Waals surface area (Å²) < 4.78 is 0. The number of nitrogens with zero attached hydrogens (tertiary/aromatic N) is 3. The lowest BCUT2D eigenvalue weighted by atomic mass is 10.1. The second kappa shape index (κ2) is 7.42. The lowest BCUT2D eigenvalue weighted by Crippen LogP contribution is -2.33. The van der Waals surface area contributed by atoms with E-state index in [1.807, 2.05) is 13.8 Å². The minimum atomic E-state index is -0.574. The summed E-state index contributed by atoms with van der Waals surface area (Å²) in [5.41, 5.74) is -0.178. The lowest BCUT2D eigenvalue weighted by molar-refractivity contribution is -0.385. The number of nitrogens with one attached hydrogen (secondary N) is 1. The Hall–Kier alpha value is -2.18. The van der Waals surface area contributed by atoms with Crippen molar-refractivity contribution in [3.05, 3.63) is 27.9 Å². The maximum Gasteiger partial charge on any atom is 0.300 e. The zero-order valence-corrected chi connectivity index (χ0v) is 12.0. The molecule has 0 saturated heterocycles. The van der Waals surface area contributed by atoms with Gasteiger partial charge in [0, 0.05) is 26.2 Å². The standard InChI is InChI=1S/C13H20N4O3/c1-4-6-16(7-5-2)13(18)10-8-12(14-3)15-9-11(10)17(19)20/h8-9H,4-7H2,1-3H3,(H,14,15). The summed E-state index contributed by atoms with van der Waals surface area (Å²) >= 11 is 0. The monoisotopic (exact) mass is 280 g/mol. The van der Waals surface area contributed by atoms with Crippen LogP contribution < -0.4 is 5.32 Å². The van der Waals surface area contributed by atoms with Crippen molar-refractivity contribution in [3.63, 3.8) is 0 Å². The van der Waals surface area contributed by atoms with Crippen LogP contribution in [0.15, 0.2) is 12.3 Å². The molecule has 0 aromatic carbocycles. The van der Waals surface area contributed by atoms with E-state index in [0.717, 1.165) is 19.0 Å². The first kappa shape index (κ1) is 15.9. The molecule has 20 heavy (non-hydrogen) atoms. The van der Waals surface area contributed by atoms with Gasteiger partial charge >= 0.3 is 0 Å². The van der Waals surface area contributed by atoms with Gasteiger partial charge in [-0.3, -0.25) is 14.9 Å². The van der Waals surface area contributed by atoms with Crippen LogP contribution in [0, 0.1) is 10.1 Å². The Morgan fingerprint density at radius 1 is 1.40 bits per heavy atom. The SMILES string of the molecule is CCCN(CCC)C(=O)c1cc(NC)ncc1[N+](=O)[O-]. The van der Waals surface area contributed by atoms with E-state index in [1.165, 1.54) is 6.07 Å². The third-order valence-electron chi connectivity index (χ3n) is 2.84. The van der Waals surface area contributed by atoms with E-state index in [4.69, 9.17) is 0 Å². The summed E-state index contributed by atoms with van der Waals surface area (Å²) in [4.78, 5) is 28.5. The van der Waals surface area contributed by atoms with Gasteiger partial charge in [0.05, 0.1) is 4.92 Å². The number of aromatic nitrogens is 1. The van der Waals surface area contributed by atoms with Gasteiger partial charge in [-0.1, -0.05) is 13.8 Å². The minimum Gasteiger partial charge on any atom is -0.373 e. The first-order chi connectivity index (χ1) is 9.54. The van der Waals surface area contributed by atoms with E-state index in [0.29, 0.717) is 18.9 Å². The topological polar surface area (TPSA) is 88.4 Å². The number of carbonyl (C=O) groups is 1. The predicted octanol–water partition coefficient (Wildman–Crippen LogP) is 2.29. The fraction of sp³-hybridized carbons (Fsp3) is 0.538. The Morgan fingerprint density at radius 3 is 2.45 bits per heavy atom. The number of carbonyl (C=O) groups excluding carboxylic acids is 1. The van der Waals surface area contributed by atoms with Crippen LogP contribution in [0.3, 0.4) is 0 Å². The van der Waals surface area contributed by atoms with E-state index in [2.05, 4.69) is 10.3 Å². The highest BCUT2D eigenvalue weighted by Gasteiger charge is 2.25. The van der Waals surface area contributed by atoms with E-state index in [1.54, 1.807) is 11.9 Å². The Morgan fingerprint density at radius 2 is 2.00 bits per heavy atom. The summed E-state index contributed by atoms with van der Waals surface area (Å²) in [7, 11) is 1.65. The molecule has 110 valence electrons. The molecular weight excluding hydrogens is 260 g/mol. The highest BCUT2D eigenvalue weighted by atomic mass is 16.6. The third kappa shape index (κ3) is 3.66. The molecule has 0 spiro atoms. The molecular formula is C13H20N4O3. The number of nitro groups is 1. The van der Waals surface area contributed by atoms with Crippen molar-refractivity contribution >= 4 is 17.4 Å². The van der Waals surface area contributed by atoms with Crippen LogP contribution in [0.4, 0.5) is 11.5 Å². The molecule has 0 aliphatic carbocycles. The number of amides is 1. The summed E-state index contributed by atoms with van der Waals surface area (Å²) in [5, 5.41) is 13.8. The minimum absolute atomic E-state index is 0.0799. The van der Waals surface area contributed by atoms with Crippen molar-refractivity contribution in [3.8, 4) is 0 Å². The Labute approximate surface area is 118 Å². The molecule has 7 nitrogen and oxygen atoms in total. The highest BCUT2D eigenvalue weighted by Crippen LogP contribution is 2.22. The van der Waals surface area contributed by atoms with Crippen LogP contribution in [0.1, 0.15) is 37.0 Å². The summed E-state index contributed by atoms with van der Waals surface area (Å²) in [6.45, 7) is 5.11. The Kier molecular flexibility index (Phi) is 5.89. The van der Waals surface area contributed by atoms with Crippen LogP contribution in [0.5, 0.6) is 0 Å². The molecule has 1 heterocycles. The van der Waals surface area contributed by atoms with Crippen LogP contribution in [-0.4, -0.2) is 40.9 Å². The molecule has 0 bridgehead atoms. The number of hydrogen-bond acceptors (Lipinski definition) is 5. The van der Waals surface area contributed by atoms with Crippen LogP contribution >= 0.6 is 0 Å². The fourth-order valence-corrected chi connectivity index (χ4v) is 1.93. The van der Waals surface area contributed by atoms with Crippen LogP contribution in [-0.2, 0) is 0 Å². The molecule has 1 rings (SSSR count). The zero-order valence-electron chi connectivity index (χ0n) is 12.0. The molecule has 0 aliphatic rings. The van der Waals surface area contributed by atoms with Crippen molar-refractivity contribution < 1.29 is 9.72 Å². The van der Waals surface area contributed by atoms with Gasteiger partial charge in [-0.05, 0) is 12.8 Å². The highest BCUT2D eigenvalue weighted by molar-refractivity contribution is 5.98. The Bertz CT molecular complexity index is 485. The first-order valence-electron chi connectivity index (χ1n) is 6.66. The summed E-state index contributed by atoms with van der Waals surface area (Å²) in [6, 6.07) is 1.43. The zero-order chi connectivity index (χ0) is 15.1. The van der Waals surface area contributed by atoms with Gasteiger partial charge in [0.1, 0.15) is 17.6 Å². The maximum atomic E-state index is 12.5. The summed E-state index contributed by atoms with van der Waals surface area (Å²) in [5.74, 6) is 0.117. The quantitative estimate of drug-likeness (QED) is 0.611. The van der Waals surface area contributed by atoms with Crippen molar-refractivity contribution in [2.24, 2.45) is 0 Å². The predicted molar refractivity (Wildman–Crippen MR) is 76.9 cm³/mol. The smallest absolute Gasteiger partial charge is 0.300 e. The molecule has 0 aliphatic heterocycles. The normalized spacial score (nSPS) is 10.2. The van der Waals surface area contributed by atoms with Crippen molar-refractivity contribution in [1.29, 1.82) is 0 Å². The molecule has 1 aromatic heterocycles. The largest absolute Gasteiger partial charge is 0.373 e. The van der Waals surface area contributed by atoms with Crippen molar-refractivity contribution in [2.75, 3.05) is 25.5 Å². The average Bonchev–Trinajstić information content (AvgIpc) is 2.45. The van der Waals surface area contributed by atoms with Gasteiger partial charge < -0.3 is 10.2 Å². The lowest BCUT2D eigenvalue weighted by Gasteiger charge is -2.21. The number of pyridine rings is 1. The van der Waals surface area contributed by atoms with E-state index >= 15 is 0 Å². The number of hydrogen-bond donors (Lipinski definition) is 1. The first-order valence-corrected chi connectivity index (χ1v) is 6.66.